The van der Waals surface area contributed by atoms with E-state index >= 15 is 0 Å². The predicted molar refractivity (Wildman–Crippen MR) is 138 cm³/mol. The number of benzene rings is 2. The van der Waals surface area contributed by atoms with Crippen LogP contribution in [0.25, 0.3) is 0 Å². The Morgan fingerprint density at radius 3 is 2.45 bits per heavy atom. The molecule has 0 unspecified atom stereocenters. The standard InChI is InChI=1S/C27H26F4N6O/c1-32-26-33-14-18(15-34-26)5-4-17-6-8-22(28)21(12-17)25(38)35-23-13-19(27(29,30)31)7-9-24(23)37(3)20-10-11-36(2)16-20/h6-9,12-15,20H,10-11,16H2,1-3H3,(H,35,38)(H,32,33,34)/t20-/m0/s1. The van der Waals surface area contributed by atoms with Gasteiger partial charge in [-0.25, -0.2) is 14.4 Å². The Labute approximate surface area is 217 Å². The summed E-state index contributed by atoms with van der Waals surface area (Å²) in [6.07, 6.45) is -0.771. The minimum atomic E-state index is -4.61. The summed E-state index contributed by atoms with van der Waals surface area (Å²) in [5.74, 6) is 4.38. The molecule has 38 heavy (non-hydrogen) atoms. The average molecular weight is 527 g/mol. The van der Waals surface area contributed by atoms with Gasteiger partial charge in [0.15, 0.2) is 0 Å². The molecule has 1 saturated heterocycles. The Kier molecular flexibility index (Phi) is 7.83. The molecule has 198 valence electrons. The Balaban J connectivity index is 1.63. The van der Waals surface area contributed by atoms with Crippen molar-refractivity contribution in [3.05, 3.63) is 76.9 Å². The summed E-state index contributed by atoms with van der Waals surface area (Å²) in [4.78, 5) is 25.2. The topological polar surface area (TPSA) is 73.4 Å². The van der Waals surface area contributed by atoms with E-state index in [0.717, 1.165) is 37.7 Å². The van der Waals surface area contributed by atoms with Crippen molar-refractivity contribution < 1.29 is 22.4 Å². The minimum Gasteiger partial charge on any atom is -0.369 e. The van der Waals surface area contributed by atoms with Gasteiger partial charge in [-0.15, -0.1) is 0 Å². The number of hydrogen-bond donors (Lipinski definition) is 2. The summed E-state index contributed by atoms with van der Waals surface area (Å²) in [7, 11) is 5.41. The van der Waals surface area contributed by atoms with Gasteiger partial charge in [0.1, 0.15) is 5.82 Å². The third-order valence-electron chi connectivity index (χ3n) is 6.30. The highest BCUT2D eigenvalue weighted by atomic mass is 19.4. The molecule has 0 aliphatic carbocycles. The highest BCUT2D eigenvalue weighted by molar-refractivity contribution is 6.06. The van der Waals surface area contributed by atoms with E-state index < -0.39 is 23.5 Å². The van der Waals surface area contributed by atoms with Gasteiger partial charge in [-0.3, -0.25) is 4.79 Å². The second-order valence-corrected chi connectivity index (χ2v) is 8.99. The molecule has 4 rings (SSSR count). The van der Waals surface area contributed by atoms with Crippen LogP contribution in [-0.4, -0.2) is 61.0 Å². The van der Waals surface area contributed by atoms with Crippen molar-refractivity contribution in [2.45, 2.75) is 18.6 Å². The lowest BCUT2D eigenvalue weighted by atomic mass is 10.1. The highest BCUT2D eigenvalue weighted by Gasteiger charge is 2.33. The quantitative estimate of drug-likeness (QED) is 0.378. The molecule has 1 amide bonds. The van der Waals surface area contributed by atoms with Gasteiger partial charge < -0.3 is 20.4 Å². The number of halogens is 4. The predicted octanol–water partition coefficient (Wildman–Crippen LogP) is 4.47. The van der Waals surface area contributed by atoms with Crippen LogP contribution < -0.4 is 15.5 Å². The van der Waals surface area contributed by atoms with Crippen molar-refractivity contribution in [1.82, 2.24) is 14.9 Å². The fourth-order valence-corrected chi connectivity index (χ4v) is 4.18. The Morgan fingerprint density at radius 1 is 1.11 bits per heavy atom. The molecule has 0 spiro atoms. The van der Waals surface area contributed by atoms with Crippen LogP contribution in [0.2, 0.25) is 0 Å². The number of nitrogens with zero attached hydrogens (tertiary/aromatic N) is 4. The zero-order valence-corrected chi connectivity index (χ0v) is 21.0. The van der Waals surface area contributed by atoms with E-state index in [0.29, 0.717) is 22.8 Å². The summed E-state index contributed by atoms with van der Waals surface area (Å²) >= 11 is 0. The summed E-state index contributed by atoms with van der Waals surface area (Å²) < 4.78 is 55.1. The molecular weight excluding hydrogens is 500 g/mol. The molecular formula is C27H26F4N6O. The monoisotopic (exact) mass is 526 g/mol. The first kappa shape index (κ1) is 26.9. The second-order valence-electron chi connectivity index (χ2n) is 8.99. The molecule has 1 fully saturated rings. The molecule has 1 aliphatic rings. The number of likely N-dealkylation sites (N-methyl/N-ethyl adjacent to an activating group) is 2. The molecule has 0 saturated carbocycles. The van der Waals surface area contributed by atoms with Crippen molar-refractivity contribution in [2.75, 3.05) is 49.8 Å². The zero-order chi connectivity index (χ0) is 27.4. The lowest BCUT2D eigenvalue weighted by molar-refractivity contribution is -0.137. The lowest BCUT2D eigenvalue weighted by Crippen LogP contribution is -2.34. The minimum absolute atomic E-state index is 0.0499. The van der Waals surface area contributed by atoms with Gasteiger partial charge >= 0.3 is 6.18 Å². The summed E-state index contributed by atoms with van der Waals surface area (Å²) in [6.45, 7) is 1.57. The van der Waals surface area contributed by atoms with Crippen LogP contribution in [0.4, 0.5) is 34.9 Å². The molecule has 0 radical (unpaired) electrons. The van der Waals surface area contributed by atoms with Crippen molar-refractivity contribution >= 4 is 23.2 Å². The smallest absolute Gasteiger partial charge is 0.369 e. The average Bonchev–Trinajstić information content (AvgIpc) is 3.33. The van der Waals surface area contributed by atoms with E-state index in [4.69, 9.17) is 0 Å². The van der Waals surface area contributed by atoms with E-state index in [1.807, 2.05) is 11.9 Å². The molecule has 3 aromatic rings. The first-order chi connectivity index (χ1) is 18.0. The maximum absolute atomic E-state index is 14.7. The maximum atomic E-state index is 14.7. The van der Waals surface area contributed by atoms with Crippen LogP contribution in [0.3, 0.4) is 0 Å². The van der Waals surface area contributed by atoms with Gasteiger partial charge in [-0.1, -0.05) is 11.8 Å². The van der Waals surface area contributed by atoms with E-state index in [2.05, 4.69) is 37.3 Å². The molecule has 2 heterocycles. The van der Waals surface area contributed by atoms with Crippen molar-refractivity contribution in [3.63, 3.8) is 0 Å². The van der Waals surface area contributed by atoms with Crippen LogP contribution in [0.5, 0.6) is 0 Å². The highest BCUT2D eigenvalue weighted by Crippen LogP contribution is 2.36. The van der Waals surface area contributed by atoms with Gasteiger partial charge in [0, 0.05) is 44.6 Å². The number of anilines is 3. The van der Waals surface area contributed by atoms with E-state index in [-0.39, 0.29) is 17.3 Å². The molecule has 2 N–H and O–H groups in total. The van der Waals surface area contributed by atoms with Gasteiger partial charge in [-0.2, -0.15) is 13.2 Å². The summed E-state index contributed by atoms with van der Waals surface area (Å²) in [5.41, 5.74) is -0.0593. The van der Waals surface area contributed by atoms with Crippen LogP contribution in [0.1, 0.15) is 33.5 Å². The van der Waals surface area contributed by atoms with Crippen molar-refractivity contribution in [3.8, 4) is 11.8 Å². The summed E-state index contributed by atoms with van der Waals surface area (Å²) in [6, 6.07) is 6.98. The van der Waals surface area contributed by atoms with Crippen molar-refractivity contribution in [2.24, 2.45) is 0 Å². The van der Waals surface area contributed by atoms with Gasteiger partial charge in [-0.05, 0) is 56.4 Å². The van der Waals surface area contributed by atoms with Crippen LogP contribution in [0, 0.1) is 17.7 Å². The molecule has 1 aromatic heterocycles. The number of aromatic nitrogens is 2. The lowest BCUT2D eigenvalue weighted by Gasteiger charge is -2.29. The van der Waals surface area contributed by atoms with E-state index in [1.54, 1.807) is 14.1 Å². The van der Waals surface area contributed by atoms with Crippen molar-refractivity contribution in [1.29, 1.82) is 0 Å². The Bertz CT molecular complexity index is 1380. The molecule has 1 aliphatic heterocycles. The summed E-state index contributed by atoms with van der Waals surface area (Å²) in [5, 5.41) is 5.29. The maximum Gasteiger partial charge on any atom is 0.416 e. The van der Waals surface area contributed by atoms with Crippen LogP contribution in [0.15, 0.2) is 48.8 Å². The Hall–Kier alpha value is -4.17. The number of rotatable bonds is 5. The van der Waals surface area contributed by atoms with Gasteiger partial charge in [0.05, 0.1) is 28.1 Å². The number of carbonyl (C=O) groups excluding carboxylic acids is 1. The number of likely N-dealkylation sites (tertiary alicyclic amines) is 1. The molecule has 2 aromatic carbocycles. The number of hydrogen-bond acceptors (Lipinski definition) is 6. The number of nitrogens with one attached hydrogen (secondary N) is 2. The number of amides is 1. The molecule has 7 nitrogen and oxygen atoms in total. The SMILES string of the molecule is CNc1ncc(C#Cc2ccc(F)c(C(=O)Nc3cc(C(F)(F)F)ccc3N(C)[C@H]3CCN(C)C3)c2)cn1. The normalized spacial score (nSPS) is 15.5. The zero-order valence-electron chi connectivity index (χ0n) is 21.0. The van der Waals surface area contributed by atoms with Gasteiger partial charge in [0.2, 0.25) is 5.95 Å². The first-order valence-corrected chi connectivity index (χ1v) is 11.8. The van der Waals surface area contributed by atoms with Crippen LogP contribution >= 0.6 is 0 Å². The molecule has 0 bridgehead atoms. The fourth-order valence-electron chi connectivity index (χ4n) is 4.18. The first-order valence-electron chi connectivity index (χ1n) is 11.8. The van der Waals surface area contributed by atoms with Gasteiger partial charge in [0.25, 0.3) is 5.91 Å². The second kappa shape index (κ2) is 11.1. The third kappa shape index (κ3) is 6.20. The number of carbonyl (C=O) groups is 1. The molecule has 11 heteroatoms. The molecule has 1 atom stereocenters. The van der Waals surface area contributed by atoms with E-state index in [1.165, 1.54) is 30.6 Å². The van der Waals surface area contributed by atoms with Crippen LogP contribution in [-0.2, 0) is 6.18 Å². The third-order valence-corrected chi connectivity index (χ3v) is 6.30. The largest absolute Gasteiger partial charge is 0.416 e. The Morgan fingerprint density at radius 2 is 1.82 bits per heavy atom. The fraction of sp³-hybridized carbons (Fsp3) is 0.296. The van der Waals surface area contributed by atoms with E-state index in [9.17, 15) is 22.4 Å². The number of alkyl halides is 3.